The number of hydrogen-bond acceptors (Lipinski definition) is 5. The molecule has 0 radical (unpaired) electrons. The number of aliphatic hydroxyl groups excluding tert-OH is 2. The van der Waals surface area contributed by atoms with Crippen molar-refractivity contribution in [3.63, 3.8) is 0 Å². The number of benzene rings is 2. The Kier molecular flexibility index (Phi) is 9.05. The molecule has 0 aliphatic carbocycles. The summed E-state index contributed by atoms with van der Waals surface area (Å²) < 4.78 is 12.6. The second kappa shape index (κ2) is 11.5. The van der Waals surface area contributed by atoms with Gasteiger partial charge in [0, 0.05) is 0 Å². The van der Waals surface area contributed by atoms with Crippen LogP contribution in [0.5, 0.6) is 0 Å². The third-order valence-corrected chi connectivity index (χ3v) is 8.59. The lowest BCUT2D eigenvalue weighted by atomic mass is 10.1. The molecule has 0 amide bonds. The van der Waals surface area contributed by atoms with Gasteiger partial charge in [-0.2, -0.15) is 0 Å². The number of nitrogens with zero attached hydrogens (tertiary/aromatic N) is 1. The standard InChI is InChI=1S/C26H39NO4Si/c1-5-6-17-27-22(18-30-26(2,3)4)24(28)25(29)23(27)19-31-32(20-13-9-7-10-14-20)21-15-11-8-12-16-21/h7-16,22-25,28-29,32H,5-6,17-19H2,1-4H3/t22-,23-,24-,25-/m1/s1. The fourth-order valence-corrected chi connectivity index (χ4v) is 6.63. The Morgan fingerprint density at radius 2 is 1.34 bits per heavy atom. The van der Waals surface area contributed by atoms with Crippen molar-refractivity contribution < 1.29 is 19.4 Å². The fourth-order valence-electron chi connectivity index (χ4n) is 4.33. The van der Waals surface area contributed by atoms with Gasteiger partial charge in [-0.25, -0.2) is 0 Å². The summed E-state index contributed by atoms with van der Waals surface area (Å²) in [6.45, 7) is 9.77. The van der Waals surface area contributed by atoms with Crippen LogP contribution in [-0.2, 0) is 9.16 Å². The highest BCUT2D eigenvalue weighted by Gasteiger charge is 2.47. The molecule has 1 aliphatic heterocycles. The molecule has 5 nitrogen and oxygen atoms in total. The zero-order valence-electron chi connectivity index (χ0n) is 19.9. The van der Waals surface area contributed by atoms with E-state index in [2.05, 4.69) is 36.1 Å². The monoisotopic (exact) mass is 457 g/mol. The van der Waals surface area contributed by atoms with E-state index in [0.29, 0.717) is 13.2 Å². The smallest absolute Gasteiger partial charge is 0.239 e. The summed E-state index contributed by atoms with van der Waals surface area (Å²) >= 11 is 0. The van der Waals surface area contributed by atoms with Gasteiger partial charge in [0.25, 0.3) is 0 Å². The molecule has 32 heavy (non-hydrogen) atoms. The molecule has 0 aromatic heterocycles. The number of ether oxygens (including phenoxy) is 1. The molecule has 2 N–H and O–H groups in total. The van der Waals surface area contributed by atoms with Crippen molar-refractivity contribution in [1.82, 2.24) is 4.90 Å². The minimum Gasteiger partial charge on any atom is -0.409 e. The third kappa shape index (κ3) is 6.50. The summed E-state index contributed by atoms with van der Waals surface area (Å²) in [6.07, 6.45) is 0.340. The molecule has 4 atom stereocenters. The van der Waals surface area contributed by atoms with E-state index < -0.39 is 21.2 Å². The average molecular weight is 458 g/mol. The summed E-state index contributed by atoms with van der Waals surface area (Å²) in [7, 11) is -1.92. The summed E-state index contributed by atoms with van der Waals surface area (Å²) in [5.74, 6) is 0. The van der Waals surface area contributed by atoms with Crippen LogP contribution in [0.1, 0.15) is 40.5 Å². The average Bonchev–Trinajstić information content (AvgIpc) is 3.01. The fraction of sp³-hybridized carbons (Fsp3) is 0.538. The Hall–Kier alpha value is -1.54. The minimum absolute atomic E-state index is 0.238. The van der Waals surface area contributed by atoms with E-state index in [1.165, 1.54) is 10.4 Å². The number of hydrogen-bond donors (Lipinski definition) is 2. The maximum atomic E-state index is 11.0. The summed E-state index contributed by atoms with van der Waals surface area (Å²) in [4.78, 5) is 2.21. The lowest BCUT2D eigenvalue weighted by Crippen LogP contribution is -2.50. The normalized spacial score (nSPS) is 24.3. The lowest BCUT2D eigenvalue weighted by Gasteiger charge is -2.33. The predicted molar refractivity (Wildman–Crippen MR) is 132 cm³/mol. The van der Waals surface area contributed by atoms with Crippen molar-refractivity contribution in [3.8, 4) is 0 Å². The van der Waals surface area contributed by atoms with Gasteiger partial charge >= 0.3 is 0 Å². The Morgan fingerprint density at radius 3 is 1.81 bits per heavy atom. The van der Waals surface area contributed by atoms with Crippen molar-refractivity contribution in [1.29, 1.82) is 0 Å². The van der Waals surface area contributed by atoms with Crippen LogP contribution in [0.2, 0.25) is 0 Å². The van der Waals surface area contributed by atoms with Crippen molar-refractivity contribution in [2.75, 3.05) is 19.8 Å². The van der Waals surface area contributed by atoms with Gasteiger partial charge in [-0.15, -0.1) is 0 Å². The Labute approximate surface area is 194 Å². The van der Waals surface area contributed by atoms with Crippen molar-refractivity contribution >= 4 is 19.4 Å². The molecule has 2 aromatic carbocycles. The van der Waals surface area contributed by atoms with Crippen LogP contribution < -0.4 is 10.4 Å². The van der Waals surface area contributed by atoms with Gasteiger partial charge in [0.2, 0.25) is 9.04 Å². The van der Waals surface area contributed by atoms with Gasteiger partial charge < -0.3 is 19.4 Å². The first kappa shape index (κ1) is 25.1. The molecule has 1 saturated heterocycles. The van der Waals surface area contributed by atoms with Gasteiger partial charge in [-0.1, -0.05) is 74.0 Å². The van der Waals surface area contributed by atoms with Crippen LogP contribution in [0, 0.1) is 0 Å². The lowest BCUT2D eigenvalue weighted by molar-refractivity contribution is -0.0541. The van der Waals surface area contributed by atoms with Crippen molar-refractivity contribution in [2.24, 2.45) is 0 Å². The Bertz CT molecular complexity index is 759. The topological polar surface area (TPSA) is 62.2 Å². The van der Waals surface area contributed by atoms with E-state index in [4.69, 9.17) is 9.16 Å². The molecule has 176 valence electrons. The number of aliphatic hydroxyl groups is 2. The first-order valence-electron chi connectivity index (χ1n) is 11.8. The number of rotatable bonds is 10. The van der Waals surface area contributed by atoms with Gasteiger partial charge in [-0.3, -0.25) is 4.90 Å². The van der Waals surface area contributed by atoms with E-state index in [1.807, 2.05) is 57.2 Å². The van der Waals surface area contributed by atoms with Crippen LogP contribution in [-0.4, -0.2) is 73.8 Å². The Balaban J connectivity index is 1.79. The molecule has 0 unspecified atom stereocenters. The Morgan fingerprint density at radius 1 is 0.844 bits per heavy atom. The second-order valence-electron chi connectivity index (χ2n) is 9.67. The van der Waals surface area contributed by atoms with Crippen LogP contribution in [0.3, 0.4) is 0 Å². The molecule has 0 bridgehead atoms. The first-order valence-corrected chi connectivity index (χ1v) is 13.4. The van der Waals surface area contributed by atoms with E-state index in [0.717, 1.165) is 19.4 Å². The zero-order chi connectivity index (χ0) is 23.1. The molecule has 0 spiro atoms. The van der Waals surface area contributed by atoms with E-state index >= 15 is 0 Å². The molecular formula is C26H39NO4Si. The maximum absolute atomic E-state index is 11.0. The zero-order valence-corrected chi connectivity index (χ0v) is 21.0. The molecule has 3 rings (SSSR count). The molecule has 1 fully saturated rings. The summed E-state index contributed by atoms with van der Waals surface area (Å²) in [5.41, 5.74) is -0.297. The van der Waals surface area contributed by atoms with Gasteiger partial charge in [0.05, 0.1) is 43.1 Å². The summed E-state index contributed by atoms with van der Waals surface area (Å²) in [6, 6.07) is 20.2. The highest BCUT2D eigenvalue weighted by molar-refractivity contribution is 6.80. The highest BCUT2D eigenvalue weighted by Crippen LogP contribution is 2.28. The van der Waals surface area contributed by atoms with E-state index in [1.54, 1.807) is 0 Å². The van der Waals surface area contributed by atoms with Gasteiger partial charge in [0.1, 0.15) is 0 Å². The number of unbranched alkanes of at least 4 members (excludes halogenated alkanes) is 1. The molecule has 1 aliphatic rings. The van der Waals surface area contributed by atoms with Crippen molar-refractivity contribution in [2.45, 2.75) is 70.4 Å². The van der Waals surface area contributed by atoms with Crippen LogP contribution in [0.4, 0.5) is 0 Å². The molecule has 0 saturated carbocycles. The first-order chi connectivity index (χ1) is 15.3. The molecular weight excluding hydrogens is 418 g/mol. The van der Waals surface area contributed by atoms with Crippen LogP contribution in [0.15, 0.2) is 60.7 Å². The van der Waals surface area contributed by atoms with E-state index in [9.17, 15) is 10.2 Å². The van der Waals surface area contributed by atoms with Crippen LogP contribution in [0.25, 0.3) is 0 Å². The maximum Gasteiger partial charge on any atom is 0.239 e. The quantitative estimate of drug-likeness (QED) is 0.534. The van der Waals surface area contributed by atoms with Crippen LogP contribution >= 0.6 is 0 Å². The largest absolute Gasteiger partial charge is 0.409 e. The van der Waals surface area contributed by atoms with E-state index in [-0.39, 0.29) is 17.7 Å². The molecule has 2 aromatic rings. The highest BCUT2D eigenvalue weighted by atomic mass is 28.3. The SMILES string of the molecule is CCCCN1[C@H](CO[SiH](c2ccccc2)c2ccccc2)[C@@H](O)[C@H](O)[C@H]1COC(C)(C)C. The van der Waals surface area contributed by atoms with Gasteiger partial charge in [0.15, 0.2) is 0 Å². The molecule has 6 heteroatoms. The molecule has 1 heterocycles. The summed E-state index contributed by atoms with van der Waals surface area (Å²) in [5, 5.41) is 24.3. The van der Waals surface area contributed by atoms with Gasteiger partial charge in [-0.05, 0) is 44.1 Å². The number of likely N-dealkylation sites (tertiary alicyclic amines) is 1. The predicted octanol–water partition coefficient (Wildman–Crippen LogP) is 1.93. The second-order valence-corrected chi connectivity index (χ2v) is 12.1. The third-order valence-electron chi connectivity index (χ3n) is 6.09. The van der Waals surface area contributed by atoms with Crippen molar-refractivity contribution in [3.05, 3.63) is 60.7 Å². The minimum atomic E-state index is -1.92.